The monoisotopic (exact) mass is 549 g/mol. The van der Waals surface area contributed by atoms with E-state index in [0.29, 0.717) is 39.0 Å². The Morgan fingerprint density at radius 3 is 2.14 bits per heavy atom. The van der Waals surface area contributed by atoms with Crippen molar-refractivity contribution >= 4 is 35.6 Å². The van der Waals surface area contributed by atoms with Gasteiger partial charge in [-0.05, 0) is 85.6 Å². The van der Waals surface area contributed by atoms with Crippen molar-refractivity contribution in [2.45, 2.75) is 20.0 Å². The Labute approximate surface area is 223 Å². The molecule has 0 spiro atoms. The summed E-state index contributed by atoms with van der Waals surface area (Å²) in [4.78, 5) is 13.3. The minimum absolute atomic E-state index is 0. The Kier molecular flexibility index (Phi) is 8.46. The smallest absolute Gasteiger partial charge is 0.416 e. The number of carbonyl (C=O) groups excluding carboxylic acids is 1. The molecule has 0 saturated carbocycles. The quantitative estimate of drug-likeness (QED) is 0.243. The third kappa shape index (κ3) is 5.70. The average molecular weight is 550 g/mol. The Morgan fingerprint density at radius 1 is 0.946 bits per heavy atom. The maximum absolute atomic E-state index is 13.3. The highest BCUT2D eigenvalue weighted by Gasteiger charge is 2.30. The second kappa shape index (κ2) is 11.2. The lowest BCUT2D eigenvalue weighted by Crippen LogP contribution is -2.30. The largest absolute Gasteiger partial charge is 0.497 e. The molecule has 10 heteroatoms. The van der Waals surface area contributed by atoms with Crippen molar-refractivity contribution in [3.05, 3.63) is 100 Å². The van der Waals surface area contributed by atoms with Crippen LogP contribution >= 0.6 is 24.0 Å². The topological polar surface area (TPSA) is 55.3 Å². The van der Waals surface area contributed by atoms with Crippen LogP contribution in [-0.2, 0) is 6.18 Å². The summed E-state index contributed by atoms with van der Waals surface area (Å²) in [6.45, 7) is 3.66. The number of hydrogen-bond acceptors (Lipinski definition) is 3. The first kappa shape index (κ1) is 28.0. The molecule has 4 rings (SSSR count). The van der Waals surface area contributed by atoms with E-state index in [1.165, 1.54) is 12.1 Å². The first-order chi connectivity index (χ1) is 17.1. The fourth-order valence-electron chi connectivity index (χ4n) is 4.13. The second-order valence-corrected chi connectivity index (χ2v) is 8.51. The third-order valence-electron chi connectivity index (χ3n) is 5.87. The van der Waals surface area contributed by atoms with Crippen molar-refractivity contribution in [2.75, 3.05) is 12.5 Å². The van der Waals surface area contributed by atoms with Gasteiger partial charge in [0.05, 0.1) is 40.3 Å². The van der Waals surface area contributed by atoms with Gasteiger partial charge >= 0.3 is 6.18 Å². The highest BCUT2D eigenvalue weighted by molar-refractivity contribution is 6.32. The van der Waals surface area contributed by atoms with E-state index in [1.54, 1.807) is 13.2 Å². The number of anilines is 1. The third-order valence-corrected chi connectivity index (χ3v) is 6.19. The van der Waals surface area contributed by atoms with Gasteiger partial charge < -0.3 is 9.30 Å². The molecule has 37 heavy (non-hydrogen) atoms. The van der Waals surface area contributed by atoms with E-state index in [4.69, 9.17) is 16.3 Å². The summed E-state index contributed by atoms with van der Waals surface area (Å²) in [5, 5.41) is 0.514. The number of carbonyl (C=O) groups is 1. The van der Waals surface area contributed by atoms with E-state index < -0.39 is 17.6 Å². The Morgan fingerprint density at radius 2 is 1.57 bits per heavy atom. The number of alkyl halides is 3. The first-order valence-electron chi connectivity index (χ1n) is 11.0. The van der Waals surface area contributed by atoms with Crippen molar-refractivity contribution in [3.8, 4) is 22.7 Å². The predicted molar refractivity (Wildman–Crippen MR) is 142 cm³/mol. The summed E-state index contributed by atoms with van der Waals surface area (Å²) in [5.41, 5.74) is 8.95. The molecule has 1 aromatic heterocycles. The molecular weight excluding hydrogens is 526 g/mol. The van der Waals surface area contributed by atoms with E-state index in [9.17, 15) is 18.0 Å². The van der Waals surface area contributed by atoms with E-state index in [0.717, 1.165) is 23.4 Å². The lowest BCUT2D eigenvalue weighted by molar-refractivity contribution is -0.137. The SMILES string of the molecule is COc1ccc(-c2c(C)c(C(=O)NNc3ccc(C(F)(F)F)cc3)c(C)n2-c2ccccc2Cl)cc1.Cl. The highest BCUT2D eigenvalue weighted by atomic mass is 35.5. The van der Waals surface area contributed by atoms with Crippen LogP contribution in [0.3, 0.4) is 0 Å². The van der Waals surface area contributed by atoms with Crippen LogP contribution in [0.2, 0.25) is 5.02 Å². The van der Waals surface area contributed by atoms with E-state index in [1.807, 2.05) is 60.9 Å². The lowest BCUT2D eigenvalue weighted by Gasteiger charge is -2.15. The zero-order valence-electron chi connectivity index (χ0n) is 20.1. The number of rotatable bonds is 6. The molecule has 1 heterocycles. The standard InChI is InChI=1S/C27H23ClF3N3O2.ClH/c1-16-24(26(35)33-32-20-12-10-19(11-13-20)27(29,30)31)17(2)34(23-7-5-4-6-22(23)28)25(16)18-8-14-21(36-3)15-9-18;/h4-15,32H,1-3H3,(H,33,35);1H. The molecule has 1 amide bonds. The van der Waals surface area contributed by atoms with Gasteiger partial charge in [-0.3, -0.25) is 15.6 Å². The Hall–Kier alpha value is -3.62. The molecule has 0 radical (unpaired) electrons. The van der Waals surface area contributed by atoms with Crippen molar-refractivity contribution in [1.29, 1.82) is 0 Å². The van der Waals surface area contributed by atoms with Gasteiger partial charge in [0, 0.05) is 5.69 Å². The van der Waals surface area contributed by atoms with Gasteiger partial charge in [-0.1, -0.05) is 23.7 Å². The normalized spacial score (nSPS) is 11.0. The number of para-hydroxylation sites is 1. The van der Waals surface area contributed by atoms with Crippen molar-refractivity contribution in [1.82, 2.24) is 9.99 Å². The van der Waals surface area contributed by atoms with Gasteiger partial charge in [-0.15, -0.1) is 12.4 Å². The fourth-order valence-corrected chi connectivity index (χ4v) is 4.35. The number of nitrogens with zero attached hydrogens (tertiary/aromatic N) is 1. The van der Waals surface area contributed by atoms with Gasteiger partial charge in [-0.25, -0.2) is 0 Å². The molecule has 194 valence electrons. The van der Waals surface area contributed by atoms with Crippen LogP contribution in [0.4, 0.5) is 18.9 Å². The van der Waals surface area contributed by atoms with Crippen LogP contribution in [0, 0.1) is 13.8 Å². The summed E-state index contributed by atoms with van der Waals surface area (Å²) in [6.07, 6.45) is -4.44. The molecule has 0 unspecified atom stereocenters. The van der Waals surface area contributed by atoms with Gasteiger partial charge in [0.25, 0.3) is 5.91 Å². The van der Waals surface area contributed by atoms with Crippen LogP contribution in [0.5, 0.6) is 5.75 Å². The molecule has 0 atom stereocenters. The number of methoxy groups -OCH3 is 1. The van der Waals surface area contributed by atoms with Crippen LogP contribution in [0.15, 0.2) is 72.8 Å². The van der Waals surface area contributed by atoms with Crippen molar-refractivity contribution in [2.24, 2.45) is 0 Å². The fraction of sp³-hybridized carbons (Fsp3) is 0.148. The molecular formula is C27H24Cl2F3N3O2. The summed E-state index contributed by atoms with van der Waals surface area (Å²) in [7, 11) is 1.59. The maximum atomic E-state index is 13.3. The zero-order chi connectivity index (χ0) is 26.0. The molecule has 0 aliphatic carbocycles. The predicted octanol–water partition coefficient (Wildman–Crippen LogP) is 7.62. The molecule has 2 N–H and O–H groups in total. The Bertz CT molecular complexity index is 1400. The van der Waals surface area contributed by atoms with Gasteiger partial charge in [-0.2, -0.15) is 13.2 Å². The highest BCUT2D eigenvalue weighted by Crippen LogP contribution is 2.37. The number of halogens is 5. The number of nitrogens with one attached hydrogen (secondary N) is 2. The Balaban J connectivity index is 0.00000380. The summed E-state index contributed by atoms with van der Waals surface area (Å²) < 4.78 is 45.7. The van der Waals surface area contributed by atoms with Gasteiger partial charge in [0.15, 0.2) is 0 Å². The van der Waals surface area contributed by atoms with Crippen molar-refractivity contribution < 1.29 is 22.7 Å². The zero-order valence-corrected chi connectivity index (χ0v) is 21.7. The minimum Gasteiger partial charge on any atom is -0.497 e. The van der Waals surface area contributed by atoms with Crippen LogP contribution in [0.1, 0.15) is 27.2 Å². The van der Waals surface area contributed by atoms with Gasteiger partial charge in [0.2, 0.25) is 0 Å². The maximum Gasteiger partial charge on any atom is 0.416 e. The molecule has 0 aliphatic rings. The number of amides is 1. The molecule has 0 aliphatic heterocycles. The minimum atomic E-state index is -4.44. The average Bonchev–Trinajstić information content (AvgIpc) is 3.12. The van der Waals surface area contributed by atoms with E-state index in [-0.39, 0.29) is 12.4 Å². The summed E-state index contributed by atoms with van der Waals surface area (Å²) in [6, 6.07) is 19.2. The molecule has 0 fully saturated rings. The van der Waals surface area contributed by atoms with Crippen LogP contribution < -0.4 is 15.6 Å². The molecule has 3 aromatic carbocycles. The second-order valence-electron chi connectivity index (χ2n) is 8.10. The van der Waals surface area contributed by atoms with Crippen molar-refractivity contribution in [3.63, 3.8) is 0 Å². The summed E-state index contributed by atoms with van der Waals surface area (Å²) >= 11 is 6.53. The molecule has 0 saturated heterocycles. The summed E-state index contributed by atoms with van der Waals surface area (Å²) in [5.74, 6) is 0.258. The van der Waals surface area contributed by atoms with Gasteiger partial charge in [0.1, 0.15) is 5.75 Å². The van der Waals surface area contributed by atoms with E-state index in [2.05, 4.69) is 10.9 Å². The number of aromatic nitrogens is 1. The number of hydrogen-bond donors (Lipinski definition) is 2. The molecule has 4 aromatic rings. The van der Waals surface area contributed by atoms with E-state index >= 15 is 0 Å². The molecule has 5 nitrogen and oxygen atoms in total. The molecule has 0 bridgehead atoms. The number of hydrazine groups is 1. The van der Waals surface area contributed by atoms with Crippen LogP contribution in [-0.4, -0.2) is 17.6 Å². The van der Waals surface area contributed by atoms with Crippen LogP contribution in [0.25, 0.3) is 16.9 Å². The lowest BCUT2D eigenvalue weighted by atomic mass is 10.0. The number of benzene rings is 3. The first-order valence-corrected chi connectivity index (χ1v) is 11.3. The number of ether oxygens (including phenoxy) is 1.